The van der Waals surface area contributed by atoms with Crippen LogP contribution in [-0.2, 0) is 6.61 Å². The Kier molecular flexibility index (Phi) is 7.95. The van der Waals surface area contributed by atoms with Gasteiger partial charge in [-0.15, -0.1) is 0 Å². The highest BCUT2D eigenvalue weighted by Gasteiger charge is 2.18. The predicted molar refractivity (Wildman–Crippen MR) is 105 cm³/mol. The first-order valence-corrected chi connectivity index (χ1v) is 9.06. The molecular formula is C20H23ClN2O4. The normalized spacial score (nSPS) is 10.2. The van der Waals surface area contributed by atoms with Gasteiger partial charge in [0.05, 0.1) is 17.7 Å². The Balaban J connectivity index is 2.11. The van der Waals surface area contributed by atoms with E-state index in [9.17, 15) is 9.59 Å². The van der Waals surface area contributed by atoms with E-state index < -0.39 is 11.9 Å². The Morgan fingerprint density at radius 1 is 1.11 bits per heavy atom. The lowest BCUT2D eigenvalue weighted by atomic mass is 10.2. The summed E-state index contributed by atoms with van der Waals surface area (Å²) in [5.74, 6) is 0.156. The number of nitrogens with one attached hydrogen (secondary N) is 2. The van der Waals surface area contributed by atoms with Gasteiger partial charge in [0.2, 0.25) is 0 Å². The number of ether oxygens (including phenoxy) is 2. The third-order valence-electron chi connectivity index (χ3n) is 3.78. The molecule has 0 heterocycles. The zero-order valence-electron chi connectivity index (χ0n) is 15.4. The molecule has 2 N–H and O–H groups in total. The van der Waals surface area contributed by atoms with Gasteiger partial charge in [-0.3, -0.25) is 10.1 Å². The molecule has 6 nitrogen and oxygen atoms in total. The van der Waals surface area contributed by atoms with Crippen molar-refractivity contribution in [2.24, 2.45) is 0 Å². The van der Waals surface area contributed by atoms with Crippen molar-refractivity contribution in [2.75, 3.05) is 13.7 Å². The summed E-state index contributed by atoms with van der Waals surface area (Å²) in [6, 6.07) is 12.0. The molecule has 0 saturated heterocycles. The van der Waals surface area contributed by atoms with Crippen molar-refractivity contribution in [1.82, 2.24) is 10.6 Å². The zero-order chi connectivity index (χ0) is 19.6. The van der Waals surface area contributed by atoms with Crippen molar-refractivity contribution in [1.29, 1.82) is 0 Å². The van der Waals surface area contributed by atoms with Gasteiger partial charge < -0.3 is 14.8 Å². The summed E-state index contributed by atoms with van der Waals surface area (Å²) < 4.78 is 11.1. The molecule has 3 amide bonds. The van der Waals surface area contributed by atoms with Crippen molar-refractivity contribution >= 4 is 23.5 Å². The Bertz CT molecular complexity index is 781. The highest BCUT2D eigenvalue weighted by molar-refractivity contribution is 6.34. The molecule has 0 aliphatic heterocycles. The first-order chi connectivity index (χ1) is 13.0. The number of halogens is 1. The molecule has 7 heteroatoms. The molecule has 0 unspecified atom stereocenters. The van der Waals surface area contributed by atoms with Crippen molar-refractivity contribution in [2.45, 2.75) is 26.4 Å². The molecule has 0 aromatic heterocycles. The summed E-state index contributed by atoms with van der Waals surface area (Å²) >= 11 is 6.17. The number of rotatable bonds is 8. The second-order valence-corrected chi connectivity index (χ2v) is 6.23. The summed E-state index contributed by atoms with van der Waals surface area (Å²) in [4.78, 5) is 24.2. The third-order valence-corrected chi connectivity index (χ3v) is 4.09. The molecule has 0 atom stereocenters. The van der Waals surface area contributed by atoms with Crippen LogP contribution in [0.1, 0.15) is 35.7 Å². The van der Waals surface area contributed by atoms with Crippen LogP contribution in [0, 0.1) is 0 Å². The maximum absolute atomic E-state index is 12.4. The van der Waals surface area contributed by atoms with Gasteiger partial charge in [0.25, 0.3) is 5.91 Å². The van der Waals surface area contributed by atoms with Crippen LogP contribution in [0.5, 0.6) is 11.5 Å². The van der Waals surface area contributed by atoms with Crippen LogP contribution in [0.2, 0.25) is 5.02 Å². The van der Waals surface area contributed by atoms with Crippen LogP contribution < -0.4 is 20.1 Å². The number of hydrogen-bond acceptors (Lipinski definition) is 4. The van der Waals surface area contributed by atoms with E-state index in [1.807, 2.05) is 37.3 Å². The van der Waals surface area contributed by atoms with E-state index >= 15 is 0 Å². The van der Waals surface area contributed by atoms with Crippen molar-refractivity contribution in [3.05, 3.63) is 58.6 Å². The second-order valence-electron chi connectivity index (χ2n) is 5.82. The predicted octanol–water partition coefficient (Wildman–Crippen LogP) is 4.17. The molecule has 0 saturated carbocycles. The number of benzene rings is 2. The smallest absolute Gasteiger partial charge is 0.321 e. The number of carbonyl (C=O) groups is 2. The van der Waals surface area contributed by atoms with E-state index in [-0.39, 0.29) is 10.6 Å². The number of hydrogen-bond donors (Lipinski definition) is 2. The number of methoxy groups -OCH3 is 1. The molecule has 0 bridgehead atoms. The molecule has 0 fully saturated rings. The molecule has 0 aliphatic rings. The highest BCUT2D eigenvalue weighted by Crippen LogP contribution is 2.33. The van der Waals surface area contributed by atoms with Gasteiger partial charge in [-0.25, -0.2) is 4.79 Å². The van der Waals surface area contributed by atoms with Crippen LogP contribution in [-0.4, -0.2) is 25.6 Å². The molecule has 2 aromatic carbocycles. The number of urea groups is 1. The van der Waals surface area contributed by atoms with Crippen LogP contribution in [0.3, 0.4) is 0 Å². The average Bonchev–Trinajstić information content (AvgIpc) is 2.67. The minimum absolute atomic E-state index is 0.131. The minimum Gasteiger partial charge on any atom is -0.493 e. The van der Waals surface area contributed by atoms with Crippen LogP contribution in [0.25, 0.3) is 0 Å². The Morgan fingerprint density at radius 2 is 1.85 bits per heavy atom. The average molecular weight is 391 g/mol. The van der Waals surface area contributed by atoms with Gasteiger partial charge in [-0.05, 0) is 18.1 Å². The largest absolute Gasteiger partial charge is 0.493 e. The number of unbranched alkanes of at least 4 members (excludes halogenated alkanes) is 1. The second kappa shape index (κ2) is 10.4. The lowest BCUT2D eigenvalue weighted by Crippen LogP contribution is -2.39. The van der Waals surface area contributed by atoms with Gasteiger partial charge in [-0.1, -0.05) is 55.3 Å². The molecule has 2 rings (SSSR count). The zero-order valence-corrected chi connectivity index (χ0v) is 16.1. The van der Waals surface area contributed by atoms with Gasteiger partial charge >= 0.3 is 6.03 Å². The maximum atomic E-state index is 12.4. The van der Waals surface area contributed by atoms with Crippen LogP contribution in [0.4, 0.5) is 4.79 Å². The van der Waals surface area contributed by atoms with Gasteiger partial charge in [-0.2, -0.15) is 0 Å². The van der Waals surface area contributed by atoms with Gasteiger partial charge in [0, 0.05) is 12.6 Å². The lowest BCUT2D eigenvalue weighted by molar-refractivity contribution is 0.0963. The maximum Gasteiger partial charge on any atom is 0.321 e. The molecule has 0 aliphatic carbocycles. The van der Waals surface area contributed by atoms with Crippen molar-refractivity contribution < 1.29 is 19.1 Å². The van der Waals surface area contributed by atoms with Gasteiger partial charge in [0.15, 0.2) is 11.5 Å². The molecule has 27 heavy (non-hydrogen) atoms. The summed E-state index contributed by atoms with van der Waals surface area (Å²) in [7, 11) is 1.49. The monoisotopic (exact) mass is 390 g/mol. The van der Waals surface area contributed by atoms with E-state index in [1.54, 1.807) is 0 Å². The van der Waals surface area contributed by atoms with E-state index in [0.717, 1.165) is 18.4 Å². The summed E-state index contributed by atoms with van der Waals surface area (Å²) in [6.45, 7) is 2.81. The molecular weight excluding hydrogens is 368 g/mol. The summed E-state index contributed by atoms with van der Waals surface area (Å²) in [5.41, 5.74) is 1.10. The highest BCUT2D eigenvalue weighted by atomic mass is 35.5. The standard InChI is InChI=1S/C20H23ClN2O4/c1-3-4-10-22-20(25)23-19(24)15-11-18(17(26-2)12-16(15)21)27-13-14-8-6-5-7-9-14/h5-9,11-12H,3-4,10,13H2,1-2H3,(H2,22,23,24,25). The van der Waals surface area contributed by atoms with E-state index in [2.05, 4.69) is 10.6 Å². The Morgan fingerprint density at radius 3 is 2.52 bits per heavy atom. The SMILES string of the molecule is CCCCNC(=O)NC(=O)c1cc(OCc2ccccc2)c(OC)cc1Cl. The number of amides is 3. The first kappa shape index (κ1) is 20.6. The quantitative estimate of drug-likeness (QED) is 0.663. The van der Waals surface area contributed by atoms with Crippen molar-refractivity contribution in [3.8, 4) is 11.5 Å². The first-order valence-electron chi connectivity index (χ1n) is 8.68. The van der Waals surface area contributed by atoms with E-state index in [1.165, 1.54) is 19.2 Å². The fourth-order valence-electron chi connectivity index (χ4n) is 2.31. The number of imide groups is 1. The fraction of sp³-hybridized carbons (Fsp3) is 0.300. The molecule has 0 radical (unpaired) electrons. The Labute approximate surface area is 163 Å². The lowest BCUT2D eigenvalue weighted by Gasteiger charge is -2.14. The summed E-state index contributed by atoms with van der Waals surface area (Å²) in [5, 5.41) is 5.05. The fourth-order valence-corrected chi connectivity index (χ4v) is 2.55. The van der Waals surface area contributed by atoms with Crippen LogP contribution in [0.15, 0.2) is 42.5 Å². The molecule has 144 valence electrons. The van der Waals surface area contributed by atoms with Gasteiger partial charge in [0.1, 0.15) is 6.61 Å². The Hall–Kier alpha value is -2.73. The number of carbonyl (C=O) groups excluding carboxylic acids is 2. The van der Waals surface area contributed by atoms with Crippen molar-refractivity contribution in [3.63, 3.8) is 0 Å². The molecule has 2 aromatic rings. The minimum atomic E-state index is -0.610. The topological polar surface area (TPSA) is 76.7 Å². The van der Waals surface area contributed by atoms with E-state index in [0.29, 0.717) is 24.7 Å². The molecule has 0 spiro atoms. The third kappa shape index (κ3) is 6.18. The summed E-state index contributed by atoms with van der Waals surface area (Å²) in [6.07, 6.45) is 1.78. The van der Waals surface area contributed by atoms with Crippen LogP contribution >= 0.6 is 11.6 Å². The van der Waals surface area contributed by atoms with E-state index in [4.69, 9.17) is 21.1 Å².